The Balaban J connectivity index is 2.12. The van der Waals surface area contributed by atoms with Gasteiger partial charge in [0.1, 0.15) is 5.69 Å². The number of hydrogen-bond donors (Lipinski definition) is 1. The summed E-state index contributed by atoms with van der Waals surface area (Å²) in [5, 5.41) is 6.85. The lowest BCUT2D eigenvalue weighted by atomic mass is 9.87. The normalized spacial score (nSPS) is 11.4. The fraction of sp³-hybridized carbons (Fsp3) is 0.333. The molecule has 4 nitrogen and oxygen atoms in total. The average Bonchev–Trinajstić information content (AvgIpc) is 2.75. The molecule has 19 heavy (non-hydrogen) atoms. The number of hydrogen-bond acceptors (Lipinski definition) is 2. The molecule has 0 aliphatic heterocycles. The van der Waals surface area contributed by atoms with E-state index in [0.29, 0.717) is 5.69 Å². The van der Waals surface area contributed by atoms with Crippen molar-refractivity contribution in [1.82, 2.24) is 9.78 Å². The summed E-state index contributed by atoms with van der Waals surface area (Å²) in [6.07, 6.45) is 1.61. The number of anilines is 1. The maximum absolute atomic E-state index is 12.0. The number of rotatable bonds is 2. The third kappa shape index (κ3) is 3.02. The van der Waals surface area contributed by atoms with Crippen molar-refractivity contribution < 1.29 is 4.79 Å². The quantitative estimate of drug-likeness (QED) is 0.899. The molecule has 0 atom stereocenters. The Morgan fingerprint density at radius 3 is 2.26 bits per heavy atom. The SMILES string of the molecule is Cn1nccc1C(=O)Nc1ccc(C(C)(C)C)cc1. The average molecular weight is 257 g/mol. The van der Waals surface area contributed by atoms with Gasteiger partial charge in [-0.2, -0.15) is 5.10 Å². The van der Waals surface area contributed by atoms with E-state index in [0.717, 1.165) is 5.69 Å². The van der Waals surface area contributed by atoms with Crippen LogP contribution in [0.3, 0.4) is 0 Å². The predicted molar refractivity (Wildman–Crippen MR) is 76.3 cm³/mol. The Bertz CT molecular complexity index is 576. The molecular weight excluding hydrogens is 238 g/mol. The largest absolute Gasteiger partial charge is 0.321 e. The maximum atomic E-state index is 12.0. The number of amides is 1. The molecule has 1 aromatic carbocycles. The van der Waals surface area contributed by atoms with Crippen LogP contribution >= 0.6 is 0 Å². The zero-order chi connectivity index (χ0) is 14.0. The van der Waals surface area contributed by atoms with E-state index in [1.54, 1.807) is 24.0 Å². The summed E-state index contributed by atoms with van der Waals surface area (Å²) in [6.45, 7) is 6.49. The number of aryl methyl sites for hydroxylation is 1. The third-order valence-electron chi connectivity index (χ3n) is 3.06. The molecule has 4 heteroatoms. The summed E-state index contributed by atoms with van der Waals surface area (Å²) in [7, 11) is 1.75. The van der Waals surface area contributed by atoms with E-state index in [2.05, 4.69) is 31.2 Å². The first-order valence-electron chi connectivity index (χ1n) is 6.28. The lowest BCUT2D eigenvalue weighted by molar-refractivity contribution is 0.101. The molecule has 1 amide bonds. The van der Waals surface area contributed by atoms with E-state index >= 15 is 0 Å². The number of carbonyl (C=O) groups excluding carboxylic acids is 1. The van der Waals surface area contributed by atoms with Gasteiger partial charge in [-0.1, -0.05) is 32.9 Å². The van der Waals surface area contributed by atoms with Gasteiger partial charge in [0.2, 0.25) is 0 Å². The molecule has 0 fully saturated rings. The first-order chi connectivity index (χ1) is 8.88. The van der Waals surface area contributed by atoms with Gasteiger partial charge in [0.25, 0.3) is 5.91 Å². The zero-order valence-electron chi connectivity index (χ0n) is 11.8. The van der Waals surface area contributed by atoms with Crippen LogP contribution in [0.15, 0.2) is 36.5 Å². The van der Waals surface area contributed by atoms with Gasteiger partial charge in [-0.25, -0.2) is 0 Å². The minimum Gasteiger partial charge on any atom is -0.321 e. The van der Waals surface area contributed by atoms with Crippen LogP contribution < -0.4 is 5.32 Å². The molecule has 0 aliphatic rings. The summed E-state index contributed by atoms with van der Waals surface area (Å²) in [5.41, 5.74) is 2.69. The number of carbonyl (C=O) groups is 1. The van der Waals surface area contributed by atoms with E-state index in [4.69, 9.17) is 0 Å². The van der Waals surface area contributed by atoms with Crippen LogP contribution in [0, 0.1) is 0 Å². The highest BCUT2D eigenvalue weighted by atomic mass is 16.2. The molecule has 1 N–H and O–H groups in total. The summed E-state index contributed by atoms with van der Waals surface area (Å²) in [4.78, 5) is 12.0. The van der Waals surface area contributed by atoms with E-state index in [-0.39, 0.29) is 11.3 Å². The molecule has 0 spiro atoms. The highest BCUT2D eigenvalue weighted by Crippen LogP contribution is 2.23. The van der Waals surface area contributed by atoms with Crippen LogP contribution in [0.1, 0.15) is 36.8 Å². The molecule has 0 unspecified atom stereocenters. The Labute approximate surface area is 113 Å². The first-order valence-corrected chi connectivity index (χ1v) is 6.28. The van der Waals surface area contributed by atoms with Crippen LogP contribution in [0.25, 0.3) is 0 Å². The molecule has 0 saturated carbocycles. The fourth-order valence-corrected chi connectivity index (χ4v) is 1.85. The number of nitrogens with zero attached hydrogens (tertiary/aromatic N) is 2. The molecule has 0 aliphatic carbocycles. The highest BCUT2D eigenvalue weighted by molar-refractivity contribution is 6.02. The third-order valence-corrected chi connectivity index (χ3v) is 3.06. The van der Waals surface area contributed by atoms with Gasteiger partial charge in [0.15, 0.2) is 0 Å². The van der Waals surface area contributed by atoms with Crippen LogP contribution in [0.2, 0.25) is 0 Å². The van der Waals surface area contributed by atoms with E-state index in [1.807, 2.05) is 24.3 Å². The van der Waals surface area contributed by atoms with Gasteiger partial charge in [-0.05, 0) is 29.2 Å². The predicted octanol–water partition coefficient (Wildman–Crippen LogP) is 2.97. The zero-order valence-corrected chi connectivity index (χ0v) is 11.8. The topological polar surface area (TPSA) is 46.9 Å². The van der Waals surface area contributed by atoms with Crippen molar-refractivity contribution >= 4 is 11.6 Å². The molecule has 1 heterocycles. The van der Waals surface area contributed by atoms with Crippen molar-refractivity contribution in [3.8, 4) is 0 Å². The van der Waals surface area contributed by atoms with Gasteiger partial charge < -0.3 is 5.32 Å². The molecule has 1 aromatic heterocycles. The van der Waals surface area contributed by atoms with Crippen molar-refractivity contribution in [1.29, 1.82) is 0 Å². The summed E-state index contributed by atoms with van der Waals surface area (Å²) in [6, 6.07) is 9.63. The Morgan fingerprint density at radius 2 is 1.79 bits per heavy atom. The Hall–Kier alpha value is -2.10. The van der Waals surface area contributed by atoms with Crippen molar-refractivity contribution in [3.63, 3.8) is 0 Å². The maximum Gasteiger partial charge on any atom is 0.273 e. The van der Waals surface area contributed by atoms with Crippen molar-refractivity contribution in [2.75, 3.05) is 5.32 Å². The molecule has 2 rings (SSSR count). The number of benzene rings is 1. The van der Waals surface area contributed by atoms with Crippen LogP contribution in [-0.2, 0) is 12.5 Å². The molecule has 0 radical (unpaired) electrons. The number of aromatic nitrogens is 2. The van der Waals surface area contributed by atoms with Crippen LogP contribution in [0.4, 0.5) is 5.69 Å². The fourth-order valence-electron chi connectivity index (χ4n) is 1.85. The second kappa shape index (κ2) is 4.88. The van der Waals surface area contributed by atoms with Gasteiger partial charge in [-0.3, -0.25) is 9.48 Å². The molecular formula is C15H19N3O. The summed E-state index contributed by atoms with van der Waals surface area (Å²) >= 11 is 0. The molecule has 2 aromatic rings. The van der Waals surface area contributed by atoms with Gasteiger partial charge in [0.05, 0.1) is 0 Å². The highest BCUT2D eigenvalue weighted by Gasteiger charge is 2.14. The smallest absolute Gasteiger partial charge is 0.273 e. The van der Waals surface area contributed by atoms with E-state index in [1.165, 1.54) is 5.56 Å². The Kier molecular flexibility index (Phi) is 3.42. The lowest BCUT2D eigenvalue weighted by Crippen LogP contribution is -2.16. The van der Waals surface area contributed by atoms with Crippen molar-refractivity contribution in [2.24, 2.45) is 7.05 Å². The summed E-state index contributed by atoms with van der Waals surface area (Å²) in [5.74, 6) is -0.150. The summed E-state index contributed by atoms with van der Waals surface area (Å²) < 4.78 is 1.55. The molecule has 100 valence electrons. The lowest BCUT2D eigenvalue weighted by Gasteiger charge is -2.19. The van der Waals surface area contributed by atoms with E-state index < -0.39 is 0 Å². The standard InChI is InChI=1S/C15H19N3O/c1-15(2,3)11-5-7-12(8-6-11)17-14(19)13-9-10-16-18(13)4/h5-10H,1-4H3,(H,17,19). The first kappa shape index (κ1) is 13.3. The van der Waals surface area contributed by atoms with Gasteiger partial charge in [-0.15, -0.1) is 0 Å². The molecule has 0 bridgehead atoms. The minimum atomic E-state index is -0.150. The van der Waals surface area contributed by atoms with Gasteiger partial charge in [0, 0.05) is 18.9 Å². The molecule has 0 saturated heterocycles. The minimum absolute atomic E-state index is 0.116. The second-order valence-electron chi connectivity index (χ2n) is 5.62. The van der Waals surface area contributed by atoms with Gasteiger partial charge >= 0.3 is 0 Å². The second-order valence-corrected chi connectivity index (χ2v) is 5.62. The van der Waals surface area contributed by atoms with Crippen molar-refractivity contribution in [2.45, 2.75) is 26.2 Å². The van der Waals surface area contributed by atoms with Crippen molar-refractivity contribution in [3.05, 3.63) is 47.8 Å². The van der Waals surface area contributed by atoms with E-state index in [9.17, 15) is 4.79 Å². The number of nitrogens with one attached hydrogen (secondary N) is 1. The Morgan fingerprint density at radius 1 is 1.16 bits per heavy atom. The monoisotopic (exact) mass is 257 g/mol. The van der Waals surface area contributed by atoms with Crippen LogP contribution in [-0.4, -0.2) is 15.7 Å². The van der Waals surface area contributed by atoms with Crippen LogP contribution in [0.5, 0.6) is 0 Å².